The first-order chi connectivity index (χ1) is 18.6. The fraction of sp³-hybridized carbons (Fsp3) is 0.435. The molecule has 3 aromatic rings. The summed E-state index contributed by atoms with van der Waals surface area (Å²) < 4.78 is 43.2. The highest BCUT2D eigenvalue weighted by molar-refractivity contribution is 7.98. The average molecular weight is 597 g/mol. The lowest BCUT2D eigenvalue weighted by atomic mass is 9.91. The van der Waals surface area contributed by atoms with E-state index in [2.05, 4.69) is 15.1 Å². The maximum Gasteiger partial charge on any atom is 0.322 e. The van der Waals surface area contributed by atoms with Crippen LogP contribution < -0.4 is 0 Å². The van der Waals surface area contributed by atoms with Gasteiger partial charge in [0.2, 0.25) is 0 Å². The van der Waals surface area contributed by atoms with Gasteiger partial charge in [-0.3, -0.25) is 9.59 Å². The van der Waals surface area contributed by atoms with Crippen LogP contribution in [0.2, 0.25) is 0 Å². The molecule has 0 radical (unpaired) electrons. The van der Waals surface area contributed by atoms with Crippen LogP contribution in [-0.2, 0) is 20.8 Å². The molecule has 0 bridgehead atoms. The molecule has 12 nitrogen and oxygen atoms in total. The lowest BCUT2D eigenvalue weighted by Crippen LogP contribution is -2.49. The van der Waals surface area contributed by atoms with Crippen molar-refractivity contribution in [2.75, 3.05) is 19.6 Å². The summed E-state index contributed by atoms with van der Waals surface area (Å²) in [4.78, 5) is 34.3. The third kappa shape index (κ3) is 5.49. The molecule has 39 heavy (non-hydrogen) atoms. The van der Waals surface area contributed by atoms with Crippen molar-refractivity contribution < 1.29 is 32.6 Å². The van der Waals surface area contributed by atoms with Crippen LogP contribution >= 0.6 is 23.1 Å². The van der Waals surface area contributed by atoms with Crippen LogP contribution in [0.3, 0.4) is 0 Å². The Morgan fingerprint density at radius 2 is 1.97 bits per heavy atom. The van der Waals surface area contributed by atoms with Gasteiger partial charge in [-0.25, -0.2) is 14.4 Å². The summed E-state index contributed by atoms with van der Waals surface area (Å²) in [6.07, 6.45) is -0.544. The van der Waals surface area contributed by atoms with Gasteiger partial charge >= 0.3 is 5.97 Å². The summed E-state index contributed by atoms with van der Waals surface area (Å²) in [5.74, 6) is -3.40. The van der Waals surface area contributed by atoms with Crippen LogP contribution in [0.5, 0.6) is 0 Å². The molecule has 16 heteroatoms. The lowest BCUT2D eigenvalue weighted by Gasteiger charge is -2.27. The Bertz CT molecular complexity index is 1470. The zero-order chi connectivity index (χ0) is 27.9. The van der Waals surface area contributed by atoms with E-state index < -0.39 is 46.1 Å². The number of aliphatic hydroxyl groups excluding tert-OH is 1. The SMILES string of the molecule is CC1CN(S(=O)(=O)N2CCC(O)C2)C(C(=O)O)C1c1nc(SCc2ccc(F)cc2)n(C(=O)c2cscn2)n1. The van der Waals surface area contributed by atoms with Gasteiger partial charge in [-0.1, -0.05) is 30.8 Å². The fourth-order valence-corrected chi connectivity index (χ4v) is 8.16. The topological polar surface area (TPSA) is 159 Å². The third-order valence-corrected chi connectivity index (χ3v) is 10.3. The first kappa shape index (κ1) is 27.8. The third-order valence-electron chi connectivity index (χ3n) is 6.75. The van der Waals surface area contributed by atoms with E-state index in [-0.39, 0.29) is 48.5 Å². The van der Waals surface area contributed by atoms with Crippen molar-refractivity contribution in [3.63, 3.8) is 0 Å². The Morgan fingerprint density at radius 3 is 2.59 bits per heavy atom. The average Bonchev–Trinajstić information content (AvgIpc) is 3.69. The molecular formula is C23H25FN6O6S3. The number of benzene rings is 1. The molecule has 2 fully saturated rings. The molecule has 4 atom stereocenters. The van der Waals surface area contributed by atoms with Crippen molar-refractivity contribution in [1.29, 1.82) is 0 Å². The first-order valence-electron chi connectivity index (χ1n) is 12.0. The summed E-state index contributed by atoms with van der Waals surface area (Å²) in [6, 6.07) is 4.33. The fourth-order valence-electron chi connectivity index (χ4n) is 4.81. The van der Waals surface area contributed by atoms with Crippen molar-refractivity contribution >= 4 is 45.2 Å². The van der Waals surface area contributed by atoms with Crippen LogP contribution in [0, 0.1) is 11.7 Å². The van der Waals surface area contributed by atoms with E-state index in [1.54, 1.807) is 24.4 Å². The number of thiazole rings is 1. The molecule has 4 heterocycles. The highest BCUT2D eigenvalue weighted by atomic mass is 32.2. The van der Waals surface area contributed by atoms with E-state index in [1.165, 1.54) is 29.0 Å². The van der Waals surface area contributed by atoms with E-state index in [4.69, 9.17) is 0 Å². The predicted octanol–water partition coefficient (Wildman–Crippen LogP) is 1.65. The monoisotopic (exact) mass is 596 g/mol. The quantitative estimate of drug-likeness (QED) is 0.366. The number of halogens is 1. The summed E-state index contributed by atoms with van der Waals surface area (Å²) in [6.45, 7) is 1.60. The van der Waals surface area contributed by atoms with E-state index in [0.717, 1.165) is 30.6 Å². The number of carbonyl (C=O) groups excluding carboxylic acids is 1. The molecule has 2 N–H and O–H groups in total. The van der Waals surface area contributed by atoms with Gasteiger partial charge in [-0.15, -0.1) is 16.4 Å². The number of hydrogen-bond acceptors (Lipinski definition) is 10. The number of aliphatic hydroxyl groups is 1. The maximum absolute atomic E-state index is 13.4. The molecule has 208 valence electrons. The first-order valence-corrected chi connectivity index (χ1v) is 15.3. The van der Waals surface area contributed by atoms with Crippen LogP contribution in [-0.4, -0.2) is 90.6 Å². The number of carboxylic acid groups (broad SMARTS) is 1. The smallest absolute Gasteiger partial charge is 0.322 e. The molecule has 1 aromatic carbocycles. The Morgan fingerprint density at radius 1 is 1.23 bits per heavy atom. The summed E-state index contributed by atoms with van der Waals surface area (Å²) >= 11 is 2.38. The second-order valence-corrected chi connectivity index (χ2v) is 13.0. The Hall–Kier alpha value is -2.76. The van der Waals surface area contributed by atoms with E-state index in [0.29, 0.717) is 5.75 Å². The van der Waals surface area contributed by atoms with Gasteiger partial charge in [0.1, 0.15) is 17.6 Å². The number of carbonyl (C=O) groups is 2. The molecule has 5 rings (SSSR count). The van der Waals surface area contributed by atoms with Gasteiger partial charge in [0, 0.05) is 30.8 Å². The number of thioether (sulfide) groups is 1. The van der Waals surface area contributed by atoms with Crippen molar-refractivity contribution in [1.82, 2.24) is 28.4 Å². The summed E-state index contributed by atoms with van der Waals surface area (Å²) in [5.41, 5.74) is 2.39. The molecule has 0 amide bonds. The van der Waals surface area contributed by atoms with Crippen molar-refractivity contribution in [2.24, 2.45) is 5.92 Å². The van der Waals surface area contributed by atoms with E-state index >= 15 is 0 Å². The van der Waals surface area contributed by atoms with E-state index in [9.17, 15) is 32.6 Å². The number of β-amino-alcohol motifs (C(OH)–C–C–N with tert-alkyl or cyclic N) is 1. The molecule has 2 saturated heterocycles. The largest absolute Gasteiger partial charge is 0.480 e. The minimum Gasteiger partial charge on any atom is -0.480 e. The molecule has 0 saturated carbocycles. The van der Waals surface area contributed by atoms with Crippen LogP contribution in [0.15, 0.2) is 40.3 Å². The minimum absolute atomic E-state index is 0.0271. The minimum atomic E-state index is -4.19. The summed E-state index contributed by atoms with van der Waals surface area (Å²) in [5, 5.41) is 26.1. The summed E-state index contributed by atoms with van der Waals surface area (Å²) in [7, 11) is -4.19. The number of aromatic nitrogens is 4. The van der Waals surface area contributed by atoms with Crippen LogP contribution in [0.25, 0.3) is 0 Å². The normalized spacial score (nSPS) is 24.4. The van der Waals surface area contributed by atoms with Gasteiger partial charge in [0.05, 0.1) is 17.5 Å². The van der Waals surface area contributed by atoms with Gasteiger partial charge < -0.3 is 10.2 Å². The molecular weight excluding hydrogens is 571 g/mol. The van der Waals surface area contributed by atoms with Gasteiger partial charge in [-0.05, 0) is 30.0 Å². The number of aliphatic carboxylic acids is 1. The molecule has 0 spiro atoms. The van der Waals surface area contributed by atoms with Crippen molar-refractivity contribution in [3.05, 3.63) is 58.1 Å². The van der Waals surface area contributed by atoms with Gasteiger partial charge in [0.25, 0.3) is 16.1 Å². The van der Waals surface area contributed by atoms with Gasteiger partial charge in [0.15, 0.2) is 11.0 Å². The highest BCUT2D eigenvalue weighted by Gasteiger charge is 2.53. The van der Waals surface area contributed by atoms with E-state index in [1.807, 2.05) is 0 Å². The number of rotatable bonds is 8. The van der Waals surface area contributed by atoms with Crippen LogP contribution in [0.1, 0.15) is 41.1 Å². The Balaban J connectivity index is 1.49. The maximum atomic E-state index is 13.4. The molecule has 2 aromatic heterocycles. The standard InChI is InChI=1S/C23H25FN6O6S3/c1-13-8-29(39(35,36)28-7-6-16(31)9-28)19(22(33)34)18(13)20-26-23(38-10-14-2-4-15(24)5-3-14)30(27-20)21(32)17-11-37-12-25-17/h2-5,11-13,16,18-19,31H,6-10H2,1H3,(H,33,34). The predicted molar refractivity (Wildman–Crippen MR) is 139 cm³/mol. The Kier molecular flexibility index (Phi) is 7.85. The van der Waals surface area contributed by atoms with Crippen molar-refractivity contribution in [3.8, 4) is 0 Å². The lowest BCUT2D eigenvalue weighted by molar-refractivity contribution is -0.141. The van der Waals surface area contributed by atoms with Crippen LogP contribution in [0.4, 0.5) is 4.39 Å². The molecule has 2 aliphatic rings. The zero-order valence-corrected chi connectivity index (χ0v) is 23.1. The number of nitrogens with zero attached hydrogens (tertiary/aromatic N) is 6. The second kappa shape index (κ2) is 11.0. The number of carboxylic acids is 1. The Labute approximate surface area is 231 Å². The zero-order valence-electron chi connectivity index (χ0n) is 20.6. The second-order valence-electron chi connectivity index (χ2n) is 9.42. The van der Waals surface area contributed by atoms with Gasteiger partial charge in [-0.2, -0.15) is 21.7 Å². The molecule has 2 aliphatic heterocycles. The molecule has 0 aliphatic carbocycles. The highest BCUT2D eigenvalue weighted by Crippen LogP contribution is 2.40. The molecule has 4 unspecified atom stereocenters. The van der Waals surface area contributed by atoms with Crippen molar-refractivity contribution in [2.45, 2.75) is 42.3 Å². The number of hydrogen-bond donors (Lipinski definition) is 2.